The van der Waals surface area contributed by atoms with Crippen molar-refractivity contribution in [2.45, 2.75) is 38.5 Å². The summed E-state index contributed by atoms with van der Waals surface area (Å²) in [6.45, 7) is 6.67. The lowest BCUT2D eigenvalue weighted by Crippen LogP contribution is -2.34. The molecule has 0 radical (unpaired) electrons. The fourth-order valence-corrected chi connectivity index (χ4v) is 3.99. The molecule has 25 heavy (non-hydrogen) atoms. The minimum Gasteiger partial charge on any atom is -0.356 e. The van der Waals surface area contributed by atoms with Gasteiger partial charge in [-0.2, -0.15) is 4.98 Å². The molecular weight excluding hydrogens is 310 g/mol. The van der Waals surface area contributed by atoms with Gasteiger partial charge in [0.2, 0.25) is 5.95 Å². The minimum absolute atomic E-state index is 0.774. The Bertz CT molecular complexity index is 690. The molecule has 2 aliphatic heterocycles. The molecular formula is C20H29N5. The third kappa shape index (κ3) is 4.03. The zero-order chi connectivity index (χ0) is 16.9. The van der Waals surface area contributed by atoms with Crippen LogP contribution in [-0.2, 0) is 0 Å². The largest absolute Gasteiger partial charge is 0.356 e. The van der Waals surface area contributed by atoms with Crippen LogP contribution in [0.25, 0.3) is 10.9 Å². The summed E-state index contributed by atoms with van der Waals surface area (Å²) in [5, 5.41) is 4.65. The highest BCUT2D eigenvalue weighted by Gasteiger charge is 2.17. The topological polar surface area (TPSA) is 44.3 Å². The van der Waals surface area contributed by atoms with Gasteiger partial charge in [0.15, 0.2) is 0 Å². The summed E-state index contributed by atoms with van der Waals surface area (Å²) < 4.78 is 0. The van der Waals surface area contributed by atoms with Gasteiger partial charge < -0.3 is 15.1 Å². The van der Waals surface area contributed by atoms with Gasteiger partial charge in [-0.25, -0.2) is 4.98 Å². The average Bonchev–Trinajstić information content (AvgIpc) is 2.69. The van der Waals surface area contributed by atoms with Gasteiger partial charge >= 0.3 is 0 Å². The molecule has 5 nitrogen and oxygen atoms in total. The number of aromatic nitrogens is 2. The Balaban J connectivity index is 1.50. The van der Waals surface area contributed by atoms with E-state index < -0.39 is 0 Å². The summed E-state index contributed by atoms with van der Waals surface area (Å²) >= 11 is 0. The van der Waals surface area contributed by atoms with Crippen LogP contribution in [0.3, 0.4) is 0 Å². The fraction of sp³-hybridized carbons (Fsp3) is 0.600. The first-order valence-corrected chi connectivity index (χ1v) is 9.88. The molecule has 1 aromatic carbocycles. The highest BCUT2D eigenvalue weighted by Crippen LogP contribution is 2.27. The Morgan fingerprint density at radius 3 is 2.36 bits per heavy atom. The SMILES string of the molecule is c1ccc2c(N3CCCCC3)nc(NCCN3CCCCC3)nc2c1. The number of piperidine rings is 2. The summed E-state index contributed by atoms with van der Waals surface area (Å²) in [7, 11) is 0. The number of nitrogens with zero attached hydrogens (tertiary/aromatic N) is 4. The Kier molecular flexibility index (Phi) is 5.31. The van der Waals surface area contributed by atoms with Crippen molar-refractivity contribution in [1.29, 1.82) is 0 Å². The second kappa shape index (κ2) is 8.00. The average molecular weight is 339 g/mol. The van der Waals surface area contributed by atoms with Gasteiger partial charge in [-0.1, -0.05) is 18.6 Å². The lowest BCUT2D eigenvalue weighted by Gasteiger charge is -2.29. The number of para-hydroxylation sites is 1. The molecule has 0 atom stereocenters. The van der Waals surface area contributed by atoms with Crippen LogP contribution in [0.2, 0.25) is 0 Å². The molecule has 2 aromatic rings. The zero-order valence-corrected chi connectivity index (χ0v) is 15.1. The number of likely N-dealkylation sites (tertiary alicyclic amines) is 1. The molecule has 0 unspecified atom stereocenters. The molecule has 2 fully saturated rings. The van der Waals surface area contributed by atoms with Crippen LogP contribution in [0.4, 0.5) is 11.8 Å². The van der Waals surface area contributed by atoms with Gasteiger partial charge in [0, 0.05) is 31.6 Å². The quantitative estimate of drug-likeness (QED) is 0.903. The van der Waals surface area contributed by atoms with E-state index in [-0.39, 0.29) is 0 Å². The van der Waals surface area contributed by atoms with Crippen molar-refractivity contribution in [3.05, 3.63) is 24.3 Å². The van der Waals surface area contributed by atoms with E-state index >= 15 is 0 Å². The van der Waals surface area contributed by atoms with Crippen LogP contribution in [0.15, 0.2) is 24.3 Å². The molecule has 0 saturated carbocycles. The fourth-order valence-electron chi connectivity index (χ4n) is 3.99. The normalized spacial score (nSPS) is 19.3. The van der Waals surface area contributed by atoms with E-state index in [2.05, 4.69) is 39.4 Å². The summed E-state index contributed by atoms with van der Waals surface area (Å²) in [5.74, 6) is 1.88. The molecule has 5 heteroatoms. The standard InChI is InChI=1S/C20H29N5/c1-5-12-24(13-6-1)16-11-21-20-22-18-10-4-3-9-17(18)19(23-20)25-14-7-2-8-15-25/h3-4,9-10H,1-2,5-8,11-16H2,(H,21,22,23). The Morgan fingerprint density at radius 1 is 0.840 bits per heavy atom. The molecule has 1 N–H and O–H groups in total. The summed E-state index contributed by atoms with van der Waals surface area (Å²) in [5.41, 5.74) is 1.04. The molecule has 3 heterocycles. The number of rotatable bonds is 5. The number of hydrogen-bond donors (Lipinski definition) is 1. The Hall–Kier alpha value is -1.88. The van der Waals surface area contributed by atoms with Crippen LogP contribution in [0.1, 0.15) is 38.5 Å². The van der Waals surface area contributed by atoms with Crippen molar-refractivity contribution in [2.75, 3.05) is 49.5 Å². The van der Waals surface area contributed by atoms with Crippen molar-refractivity contribution >= 4 is 22.7 Å². The van der Waals surface area contributed by atoms with Crippen LogP contribution < -0.4 is 10.2 Å². The number of benzene rings is 1. The first-order chi connectivity index (χ1) is 12.4. The van der Waals surface area contributed by atoms with Gasteiger partial charge in [-0.15, -0.1) is 0 Å². The molecule has 0 aliphatic carbocycles. The molecule has 0 spiro atoms. The van der Waals surface area contributed by atoms with Gasteiger partial charge in [0.25, 0.3) is 0 Å². The lowest BCUT2D eigenvalue weighted by molar-refractivity contribution is 0.237. The van der Waals surface area contributed by atoms with E-state index in [1.54, 1.807) is 0 Å². The maximum Gasteiger partial charge on any atom is 0.225 e. The third-order valence-corrected chi connectivity index (χ3v) is 5.40. The van der Waals surface area contributed by atoms with Crippen molar-refractivity contribution < 1.29 is 0 Å². The number of nitrogens with one attached hydrogen (secondary N) is 1. The van der Waals surface area contributed by atoms with E-state index in [0.29, 0.717) is 0 Å². The molecule has 2 aliphatic rings. The van der Waals surface area contributed by atoms with Gasteiger partial charge in [0.1, 0.15) is 5.82 Å². The van der Waals surface area contributed by atoms with Crippen molar-refractivity contribution in [3.8, 4) is 0 Å². The molecule has 0 amide bonds. The maximum absolute atomic E-state index is 4.89. The Labute approximate surface area is 150 Å². The van der Waals surface area contributed by atoms with Gasteiger partial charge in [-0.3, -0.25) is 0 Å². The second-order valence-corrected chi connectivity index (χ2v) is 7.26. The molecule has 1 aromatic heterocycles. The van der Waals surface area contributed by atoms with Crippen molar-refractivity contribution in [1.82, 2.24) is 14.9 Å². The highest BCUT2D eigenvalue weighted by atomic mass is 15.2. The van der Waals surface area contributed by atoms with E-state index in [1.165, 1.54) is 57.0 Å². The number of hydrogen-bond acceptors (Lipinski definition) is 5. The van der Waals surface area contributed by atoms with Gasteiger partial charge in [0.05, 0.1) is 5.52 Å². The van der Waals surface area contributed by atoms with Crippen molar-refractivity contribution in [2.24, 2.45) is 0 Å². The van der Waals surface area contributed by atoms with E-state index in [9.17, 15) is 0 Å². The van der Waals surface area contributed by atoms with Crippen LogP contribution in [0.5, 0.6) is 0 Å². The first kappa shape index (κ1) is 16.6. The minimum atomic E-state index is 0.774. The zero-order valence-electron chi connectivity index (χ0n) is 15.1. The smallest absolute Gasteiger partial charge is 0.225 e. The van der Waals surface area contributed by atoms with Crippen LogP contribution in [-0.4, -0.2) is 54.1 Å². The lowest BCUT2D eigenvalue weighted by atomic mass is 10.1. The number of fused-ring (bicyclic) bond motifs is 1. The van der Waals surface area contributed by atoms with E-state index in [0.717, 1.165) is 43.5 Å². The molecule has 2 saturated heterocycles. The van der Waals surface area contributed by atoms with Gasteiger partial charge in [-0.05, 0) is 57.3 Å². The summed E-state index contributed by atoms with van der Waals surface area (Å²) in [6, 6.07) is 8.40. The van der Waals surface area contributed by atoms with Crippen molar-refractivity contribution in [3.63, 3.8) is 0 Å². The predicted molar refractivity (Wildman–Crippen MR) is 104 cm³/mol. The molecule has 0 bridgehead atoms. The summed E-state index contributed by atoms with van der Waals surface area (Å²) in [6.07, 6.45) is 7.92. The second-order valence-electron chi connectivity index (χ2n) is 7.26. The molecule has 134 valence electrons. The van der Waals surface area contributed by atoms with Crippen LogP contribution >= 0.6 is 0 Å². The third-order valence-electron chi connectivity index (χ3n) is 5.40. The Morgan fingerprint density at radius 2 is 1.56 bits per heavy atom. The predicted octanol–water partition coefficient (Wildman–Crippen LogP) is 3.52. The summed E-state index contributed by atoms with van der Waals surface area (Å²) in [4.78, 5) is 14.6. The monoisotopic (exact) mass is 339 g/mol. The number of anilines is 2. The molecule has 4 rings (SSSR count). The van der Waals surface area contributed by atoms with E-state index in [4.69, 9.17) is 9.97 Å². The van der Waals surface area contributed by atoms with Crippen LogP contribution in [0, 0.1) is 0 Å². The highest BCUT2D eigenvalue weighted by molar-refractivity contribution is 5.90. The first-order valence-electron chi connectivity index (χ1n) is 9.88. The van der Waals surface area contributed by atoms with E-state index in [1.807, 2.05) is 0 Å². The maximum atomic E-state index is 4.89.